The predicted molar refractivity (Wildman–Crippen MR) is 39.4 cm³/mol. The zero-order chi connectivity index (χ0) is 12.6. The Kier molecular flexibility index (Phi) is 2.55. The third-order valence-corrected chi connectivity index (χ3v) is 2.56. The van der Waals surface area contributed by atoms with E-state index in [-0.39, 0.29) is 0 Å². The van der Waals surface area contributed by atoms with Gasteiger partial charge in [0, 0.05) is 0 Å². The molecule has 1 heterocycles. The summed E-state index contributed by atoms with van der Waals surface area (Å²) in [6, 6.07) is 0. The summed E-state index contributed by atoms with van der Waals surface area (Å²) in [6.45, 7) is 0. The quantitative estimate of drug-likeness (QED) is 0.364. The Balaban J connectivity index is 2.87. The van der Waals surface area contributed by atoms with Crippen molar-refractivity contribution in [2.45, 2.75) is 0 Å². The molecule has 0 atom stereocenters. The van der Waals surface area contributed by atoms with E-state index in [9.17, 15) is 27.6 Å². The van der Waals surface area contributed by atoms with E-state index in [2.05, 4.69) is 18.3 Å². The standard InChI is InChI=1S/C5H3F2O8P/c1-12-2(8)3(9)13-16(6,7)14-4(10)5(11)15-16/h1H3. The minimum atomic E-state index is -7.18. The zero-order valence-corrected chi connectivity index (χ0v) is 8.36. The van der Waals surface area contributed by atoms with E-state index in [1.807, 2.05) is 0 Å². The molecular weight excluding hydrogens is 257 g/mol. The van der Waals surface area contributed by atoms with Crippen LogP contribution in [0.15, 0.2) is 0 Å². The number of rotatable bonds is 1. The number of carbonyl (C=O) groups is 4. The van der Waals surface area contributed by atoms with Gasteiger partial charge >= 0.3 is 84.8 Å². The van der Waals surface area contributed by atoms with Gasteiger partial charge in [-0.2, -0.15) is 0 Å². The zero-order valence-electron chi connectivity index (χ0n) is 7.47. The molecule has 0 spiro atoms. The van der Waals surface area contributed by atoms with E-state index >= 15 is 0 Å². The van der Waals surface area contributed by atoms with Gasteiger partial charge in [-0.15, -0.1) is 0 Å². The van der Waals surface area contributed by atoms with Gasteiger partial charge < -0.3 is 0 Å². The number of esters is 1. The molecule has 0 aromatic heterocycles. The molecule has 11 heteroatoms. The van der Waals surface area contributed by atoms with Crippen molar-refractivity contribution in [3.8, 4) is 0 Å². The van der Waals surface area contributed by atoms with Crippen LogP contribution in [-0.2, 0) is 37.5 Å². The Morgan fingerprint density at radius 2 is 1.56 bits per heavy atom. The number of hydrogen-bond donors (Lipinski definition) is 0. The molecule has 90 valence electrons. The molecule has 1 saturated heterocycles. The van der Waals surface area contributed by atoms with E-state index in [0.717, 1.165) is 7.11 Å². The van der Waals surface area contributed by atoms with E-state index in [4.69, 9.17) is 0 Å². The first-order valence-electron chi connectivity index (χ1n) is 3.43. The van der Waals surface area contributed by atoms with Crippen molar-refractivity contribution < 1.29 is 45.9 Å². The molecule has 0 amide bonds. The van der Waals surface area contributed by atoms with Crippen LogP contribution < -0.4 is 0 Å². The molecule has 16 heavy (non-hydrogen) atoms. The van der Waals surface area contributed by atoms with Crippen LogP contribution in [0.2, 0.25) is 0 Å². The average Bonchev–Trinajstić information content (AvgIpc) is 2.34. The van der Waals surface area contributed by atoms with Crippen molar-refractivity contribution in [2.24, 2.45) is 0 Å². The molecule has 0 N–H and O–H groups in total. The van der Waals surface area contributed by atoms with Gasteiger partial charge in [-0.1, -0.05) is 0 Å². The van der Waals surface area contributed by atoms with Crippen LogP contribution in [0, 0.1) is 0 Å². The minimum absolute atomic E-state index is 0.729. The fourth-order valence-electron chi connectivity index (χ4n) is 0.642. The van der Waals surface area contributed by atoms with Crippen molar-refractivity contribution >= 4 is 31.8 Å². The molecule has 0 saturated carbocycles. The van der Waals surface area contributed by atoms with E-state index < -0.39 is 31.8 Å². The number of methoxy groups -OCH3 is 1. The molecule has 0 aromatic rings. The fourth-order valence-corrected chi connectivity index (χ4v) is 1.76. The first-order chi connectivity index (χ1) is 7.16. The Morgan fingerprint density at radius 1 is 1.12 bits per heavy atom. The number of ether oxygens (including phenoxy) is 1. The van der Waals surface area contributed by atoms with Crippen LogP contribution in [0.3, 0.4) is 0 Å². The second kappa shape index (κ2) is 3.34. The first kappa shape index (κ1) is 12.2. The summed E-state index contributed by atoms with van der Waals surface area (Å²) in [5, 5.41) is 0. The van der Waals surface area contributed by atoms with Gasteiger partial charge in [-0.05, 0) is 0 Å². The number of carbonyl (C=O) groups excluding carboxylic acids is 4. The summed E-state index contributed by atoms with van der Waals surface area (Å²) >= 11 is 0. The second-order valence-corrected chi connectivity index (χ2v) is 4.28. The Bertz CT molecular complexity index is 383. The van der Waals surface area contributed by atoms with Crippen molar-refractivity contribution in [3.05, 3.63) is 0 Å². The summed E-state index contributed by atoms with van der Waals surface area (Å²) in [6.07, 6.45) is 0. The summed E-state index contributed by atoms with van der Waals surface area (Å²) in [5.41, 5.74) is 0. The van der Waals surface area contributed by atoms with Crippen LogP contribution in [0.1, 0.15) is 0 Å². The van der Waals surface area contributed by atoms with E-state index in [1.165, 1.54) is 0 Å². The van der Waals surface area contributed by atoms with Crippen LogP contribution in [0.5, 0.6) is 0 Å². The molecule has 0 bridgehead atoms. The summed E-state index contributed by atoms with van der Waals surface area (Å²) in [4.78, 5) is 41.8. The maximum atomic E-state index is 13.2. The van der Waals surface area contributed by atoms with E-state index in [1.54, 1.807) is 0 Å². The SMILES string of the molecule is COC(=O)C(=O)OP1(F)(F)OC(=O)C(=O)O1. The number of hydrogen-bond acceptors (Lipinski definition) is 8. The van der Waals surface area contributed by atoms with Crippen LogP contribution in [-0.4, -0.2) is 31.0 Å². The van der Waals surface area contributed by atoms with Gasteiger partial charge in [-0.25, -0.2) is 0 Å². The van der Waals surface area contributed by atoms with E-state index in [0.29, 0.717) is 0 Å². The molecule has 0 radical (unpaired) electrons. The topological polar surface area (TPSA) is 105 Å². The molecule has 1 aliphatic rings. The van der Waals surface area contributed by atoms with Crippen molar-refractivity contribution in [2.75, 3.05) is 7.11 Å². The molecule has 1 aliphatic heterocycles. The van der Waals surface area contributed by atoms with Gasteiger partial charge in [-0.3, -0.25) is 0 Å². The normalized spacial score (nSPS) is 23.3. The third-order valence-electron chi connectivity index (χ3n) is 1.20. The fraction of sp³-hybridized carbons (Fsp3) is 0.200. The average molecular weight is 260 g/mol. The molecule has 1 fully saturated rings. The predicted octanol–water partition coefficient (Wildman–Crippen LogP) is -0.130. The van der Waals surface area contributed by atoms with Crippen LogP contribution >= 0.6 is 7.91 Å². The molecule has 0 unspecified atom stereocenters. The van der Waals surface area contributed by atoms with Gasteiger partial charge in [0.05, 0.1) is 0 Å². The molecule has 8 nitrogen and oxygen atoms in total. The Morgan fingerprint density at radius 3 is 1.94 bits per heavy atom. The van der Waals surface area contributed by atoms with Crippen molar-refractivity contribution in [1.29, 1.82) is 0 Å². The molecular formula is C5H3F2O8P. The van der Waals surface area contributed by atoms with Gasteiger partial charge in [0.2, 0.25) is 0 Å². The Labute approximate surface area is 85.8 Å². The molecule has 0 aliphatic carbocycles. The van der Waals surface area contributed by atoms with Gasteiger partial charge in [0.1, 0.15) is 0 Å². The van der Waals surface area contributed by atoms with Crippen molar-refractivity contribution in [3.63, 3.8) is 0 Å². The number of halogens is 2. The van der Waals surface area contributed by atoms with Crippen molar-refractivity contribution in [1.82, 2.24) is 0 Å². The van der Waals surface area contributed by atoms with Gasteiger partial charge in [0.25, 0.3) is 0 Å². The Hall–Kier alpha value is -1.83. The summed E-state index contributed by atoms with van der Waals surface area (Å²) in [7, 11) is -6.45. The van der Waals surface area contributed by atoms with Crippen LogP contribution in [0.25, 0.3) is 0 Å². The monoisotopic (exact) mass is 260 g/mol. The third kappa shape index (κ3) is 2.22. The first-order valence-corrected chi connectivity index (χ1v) is 5.20. The van der Waals surface area contributed by atoms with Gasteiger partial charge in [0.15, 0.2) is 0 Å². The summed E-state index contributed by atoms with van der Waals surface area (Å²) < 4.78 is 39.9. The molecule has 1 rings (SSSR count). The maximum absolute atomic E-state index is 13.2. The summed E-state index contributed by atoms with van der Waals surface area (Å²) in [5.74, 6) is -7.94. The van der Waals surface area contributed by atoms with Crippen LogP contribution in [0.4, 0.5) is 8.39 Å². The second-order valence-electron chi connectivity index (χ2n) is 2.33. The molecule has 0 aromatic carbocycles.